The Morgan fingerprint density at radius 1 is 1.05 bits per heavy atom. The standard InChI is InChI=1S/C16H18FNS/c1-11-3-4-16(12(2)5-11)19-10-14-6-13(9-18)7-15(17)8-14/h3-8H,9-10,18H2,1-2H3. The van der Waals surface area contributed by atoms with Crippen molar-refractivity contribution in [2.45, 2.75) is 31.0 Å². The van der Waals surface area contributed by atoms with Gasteiger partial charge in [-0.1, -0.05) is 23.8 Å². The van der Waals surface area contributed by atoms with E-state index >= 15 is 0 Å². The van der Waals surface area contributed by atoms with Crippen LogP contribution in [0.2, 0.25) is 0 Å². The van der Waals surface area contributed by atoms with Crippen LogP contribution in [0.4, 0.5) is 4.39 Å². The maximum atomic E-state index is 13.4. The number of hydrogen-bond donors (Lipinski definition) is 1. The van der Waals surface area contributed by atoms with Crippen molar-refractivity contribution in [1.29, 1.82) is 0 Å². The zero-order valence-corrected chi connectivity index (χ0v) is 12.1. The highest BCUT2D eigenvalue weighted by atomic mass is 32.2. The first kappa shape index (κ1) is 14.1. The fraction of sp³-hybridized carbons (Fsp3) is 0.250. The molecule has 2 rings (SSSR count). The van der Waals surface area contributed by atoms with Crippen LogP contribution in [0.25, 0.3) is 0 Å². The molecular formula is C16H18FNS. The minimum absolute atomic E-state index is 0.209. The lowest BCUT2D eigenvalue weighted by Gasteiger charge is -2.08. The minimum Gasteiger partial charge on any atom is -0.326 e. The zero-order chi connectivity index (χ0) is 13.8. The van der Waals surface area contributed by atoms with Gasteiger partial charge < -0.3 is 5.73 Å². The first-order valence-electron chi connectivity index (χ1n) is 6.27. The Balaban J connectivity index is 2.12. The van der Waals surface area contributed by atoms with Crippen LogP contribution in [0, 0.1) is 19.7 Å². The molecule has 1 nitrogen and oxygen atoms in total. The van der Waals surface area contributed by atoms with Gasteiger partial charge in [0.25, 0.3) is 0 Å². The molecule has 0 aromatic heterocycles. The van der Waals surface area contributed by atoms with E-state index < -0.39 is 0 Å². The second-order valence-electron chi connectivity index (χ2n) is 4.73. The lowest BCUT2D eigenvalue weighted by atomic mass is 10.1. The molecule has 0 aliphatic carbocycles. The van der Waals surface area contributed by atoms with Gasteiger partial charge in [-0.3, -0.25) is 0 Å². The molecule has 0 amide bonds. The molecule has 0 radical (unpaired) electrons. The number of thioether (sulfide) groups is 1. The van der Waals surface area contributed by atoms with Gasteiger partial charge in [-0.25, -0.2) is 4.39 Å². The summed E-state index contributed by atoms with van der Waals surface area (Å²) in [5.74, 6) is 0.549. The Kier molecular flexibility index (Phi) is 4.61. The number of nitrogens with two attached hydrogens (primary N) is 1. The fourth-order valence-corrected chi connectivity index (χ4v) is 2.98. The van der Waals surface area contributed by atoms with E-state index in [4.69, 9.17) is 5.73 Å². The van der Waals surface area contributed by atoms with Crippen molar-refractivity contribution in [1.82, 2.24) is 0 Å². The fourth-order valence-electron chi connectivity index (χ4n) is 2.04. The van der Waals surface area contributed by atoms with Crippen molar-refractivity contribution >= 4 is 11.8 Å². The zero-order valence-electron chi connectivity index (χ0n) is 11.2. The van der Waals surface area contributed by atoms with Crippen LogP contribution in [0.3, 0.4) is 0 Å². The summed E-state index contributed by atoms with van der Waals surface area (Å²) >= 11 is 1.73. The molecule has 0 atom stereocenters. The van der Waals surface area contributed by atoms with Gasteiger partial charge in [-0.15, -0.1) is 11.8 Å². The largest absolute Gasteiger partial charge is 0.326 e. The first-order chi connectivity index (χ1) is 9.08. The van der Waals surface area contributed by atoms with Crippen LogP contribution >= 0.6 is 11.8 Å². The van der Waals surface area contributed by atoms with E-state index in [-0.39, 0.29) is 5.82 Å². The maximum absolute atomic E-state index is 13.4. The van der Waals surface area contributed by atoms with Crippen molar-refractivity contribution in [3.05, 3.63) is 64.5 Å². The normalized spacial score (nSPS) is 10.7. The average molecular weight is 275 g/mol. The molecule has 0 spiro atoms. The predicted molar refractivity (Wildman–Crippen MR) is 79.8 cm³/mol. The molecule has 0 heterocycles. The van der Waals surface area contributed by atoms with Gasteiger partial charge in [0.2, 0.25) is 0 Å². The Hall–Kier alpha value is -1.32. The van der Waals surface area contributed by atoms with Gasteiger partial charge in [-0.05, 0) is 48.7 Å². The molecule has 0 fully saturated rings. The summed E-state index contributed by atoms with van der Waals surface area (Å²) < 4.78 is 13.4. The summed E-state index contributed by atoms with van der Waals surface area (Å²) in [6.45, 7) is 4.56. The van der Waals surface area contributed by atoms with Crippen molar-refractivity contribution in [2.24, 2.45) is 5.73 Å². The second-order valence-corrected chi connectivity index (χ2v) is 5.75. The third kappa shape index (κ3) is 3.82. The number of rotatable bonds is 4. The average Bonchev–Trinajstić information content (AvgIpc) is 2.37. The molecule has 100 valence electrons. The minimum atomic E-state index is -0.209. The molecule has 2 N–H and O–H groups in total. The molecule has 0 bridgehead atoms. The summed E-state index contributed by atoms with van der Waals surface area (Å²) in [4.78, 5) is 1.24. The van der Waals surface area contributed by atoms with Crippen molar-refractivity contribution in [3.8, 4) is 0 Å². The van der Waals surface area contributed by atoms with Crippen molar-refractivity contribution in [2.75, 3.05) is 0 Å². The number of halogens is 1. The van der Waals surface area contributed by atoms with Gasteiger partial charge in [0.05, 0.1) is 0 Å². The van der Waals surface area contributed by atoms with E-state index in [9.17, 15) is 4.39 Å². The number of aryl methyl sites for hydroxylation is 2. The van der Waals surface area contributed by atoms with Gasteiger partial charge in [-0.2, -0.15) is 0 Å². The van der Waals surface area contributed by atoms with Gasteiger partial charge in [0.1, 0.15) is 5.82 Å². The van der Waals surface area contributed by atoms with E-state index in [0.717, 1.165) is 16.9 Å². The molecule has 0 aliphatic rings. The Bertz CT molecular complexity index is 581. The van der Waals surface area contributed by atoms with E-state index in [1.165, 1.54) is 22.1 Å². The van der Waals surface area contributed by atoms with Crippen LogP contribution in [-0.4, -0.2) is 0 Å². The van der Waals surface area contributed by atoms with E-state index in [2.05, 4.69) is 32.0 Å². The highest BCUT2D eigenvalue weighted by molar-refractivity contribution is 7.98. The number of benzene rings is 2. The van der Waals surface area contributed by atoms with Gasteiger partial charge in [0, 0.05) is 17.2 Å². The third-order valence-corrected chi connectivity index (χ3v) is 4.22. The molecule has 19 heavy (non-hydrogen) atoms. The summed E-state index contributed by atoms with van der Waals surface area (Å²) in [6.07, 6.45) is 0. The van der Waals surface area contributed by atoms with E-state index in [0.29, 0.717) is 6.54 Å². The molecule has 2 aromatic carbocycles. The van der Waals surface area contributed by atoms with E-state index in [1.807, 2.05) is 6.07 Å². The predicted octanol–water partition coefficient (Wildman–Crippen LogP) is 4.19. The second kappa shape index (κ2) is 6.22. The Labute approximate surface area is 118 Å². The van der Waals surface area contributed by atoms with Gasteiger partial charge >= 0.3 is 0 Å². The molecule has 0 saturated heterocycles. The van der Waals surface area contributed by atoms with Crippen LogP contribution < -0.4 is 5.73 Å². The molecular weight excluding hydrogens is 257 g/mol. The molecule has 3 heteroatoms. The Morgan fingerprint density at radius 3 is 2.47 bits per heavy atom. The molecule has 0 unspecified atom stereocenters. The van der Waals surface area contributed by atoms with Crippen LogP contribution in [0.5, 0.6) is 0 Å². The topological polar surface area (TPSA) is 26.0 Å². The summed E-state index contributed by atoms with van der Waals surface area (Å²) in [7, 11) is 0. The quantitative estimate of drug-likeness (QED) is 0.847. The van der Waals surface area contributed by atoms with Crippen molar-refractivity contribution in [3.63, 3.8) is 0 Å². The highest BCUT2D eigenvalue weighted by Crippen LogP contribution is 2.27. The van der Waals surface area contributed by atoms with Crippen molar-refractivity contribution < 1.29 is 4.39 Å². The highest BCUT2D eigenvalue weighted by Gasteiger charge is 2.03. The SMILES string of the molecule is Cc1ccc(SCc2cc(F)cc(CN)c2)c(C)c1. The van der Waals surface area contributed by atoms with Crippen LogP contribution in [0.1, 0.15) is 22.3 Å². The van der Waals surface area contributed by atoms with Crippen LogP contribution in [-0.2, 0) is 12.3 Å². The van der Waals surface area contributed by atoms with E-state index in [1.54, 1.807) is 17.8 Å². The lowest BCUT2D eigenvalue weighted by molar-refractivity contribution is 0.624. The summed E-state index contributed by atoms with van der Waals surface area (Å²) in [5.41, 5.74) is 9.91. The first-order valence-corrected chi connectivity index (χ1v) is 7.25. The monoisotopic (exact) mass is 275 g/mol. The summed E-state index contributed by atoms with van der Waals surface area (Å²) in [5, 5.41) is 0. The smallest absolute Gasteiger partial charge is 0.123 e. The molecule has 2 aromatic rings. The molecule has 0 aliphatic heterocycles. The van der Waals surface area contributed by atoms with Crippen LogP contribution in [0.15, 0.2) is 41.3 Å². The lowest BCUT2D eigenvalue weighted by Crippen LogP contribution is -1.98. The van der Waals surface area contributed by atoms with Gasteiger partial charge in [0.15, 0.2) is 0 Å². The maximum Gasteiger partial charge on any atom is 0.123 e. The Morgan fingerprint density at radius 2 is 1.79 bits per heavy atom. The summed E-state index contributed by atoms with van der Waals surface area (Å²) in [6, 6.07) is 11.4. The molecule has 0 saturated carbocycles. The third-order valence-electron chi connectivity index (χ3n) is 2.98. The number of hydrogen-bond acceptors (Lipinski definition) is 2.